The summed E-state index contributed by atoms with van der Waals surface area (Å²) in [4.78, 5) is 29.9. The van der Waals surface area contributed by atoms with Crippen molar-refractivity contribution < 1.29 is 14.0 Å². The van der Waals surface area contributed by atoms with E-state index in [2.05, 4.69) is 10.3 Å². The lowest BCUT2D eigenvalue weighted by molar-refractivity contribution is -0.129. The monoisotopic (exact) mass is 313 g/mol. The van der Waals surface area contributed by atoms with Gasteiger partial charge in [0.25, 0.3) is 0 Å². The Kier molecular flexibility index (Phi) is 4.71. The third-order valence-corrected chi connectivity index (χ3v) is 3.95. The number of carbonyl (C=O) groups is 2. The Morgan fingerprint density at radius 2 is 2.30 bits per heavy atom. The van der Waals surface area contributed by atoms with Gasteiger partial charge in [-0.3, -0.25) is 14.6 Å². The van der Waals surface area contributed by atoms with E-state index in [-0.39, 0.29) is 24.2 Å². The Labute approximate surface area is 134 Å². The van der Waals surface area contributed by atoms with Gasteiger partial charge in [0, 0.05) is 31.9 Å². The van der Waals surface area contributed by atoms with Crippen molar-refractivity contribution in [1.29, 1.82) is 0 Å². The molecule has 2 amide bonds. The van der Waals surface area contributed by atoms with Gasteiger partial charge in [0.15, 0.2) is 0 Å². The van der Waals surface area contributed by atoms with E-state index in [1.807, 2.05) is 18.2 Å². The van der Waals surface area contributed by atoms with Crippen LogP contribution in [0.3, 0.4) is 0 Å². The van der Waals surface area contributed by atoms with E-state index >= 15 is 0 Å². The van der Waals surface area contributed by atoms with Crippen molar-refractivity contribution in [2.45, 2.75) is 19.4 Å². The molecular weight excluding hydrogens is 294 g/mol. The van der Waals surface area contributed by atoms with Gasteiger partial charge in [-0.25, -0.2) is 0 Å². The maximum Gasteiger partial charge on any atom is 0.225 e. The minimum absolute atomic E-state index is 0.00573. The largest absolute Gasteiger partial charge is 0.467 e. The number of hydrogen-bond acceptors (Lipinski definition) is 4. The second kappa shape index (κ2) is 7.09. The fraction of sp³-hybridized carbons (Fsp3) is 0.353. The van der Waals surface area contributed by atoms with Crippen LogP contribution in [0.15, 0.2) is 47.3 Å². The smallest absolute Gasteiger partial charge is 0.225 e. The highest BCUT2D eigenvalue weighted by molar-refractivity contribution is 5.89. The van der Waals surface area contributed by atoms with Crippen molar-refractivity contribution in [2.75, 3.05) is 13.1 Å². The number of pyridine rings is 1. The lowest BCUT2D eigenvalue weighted by Crippen LogP contribution is -2.34. The highest BCUT2D eigenvalue weighted by atomic mass is 16.3. The predicted octanol–water partition coefficient (Wildman–Crippen LogP) is 1.38. The Morgan fingerprint density at radius 3 is 3.04 bits per heavy atom. The van der Waals surface area contributed by atoms with Crippen LogP contribution in [0.1, 0.15) is 17.7 Å². The molecule has 0 aromatic carbocycles. The molecule has 0 unspecified atom stereocenters. The zero-order valence-corrected chi connectivity index (χ0v) is 12.8. The van der Waals surface area contributed by atoms with E-state index in [4.69, 9.17) is 4.42 Å². The summed E-state index contributed by atoms with van der Waals surface area (Å²) in [6, 6.07) is 7.47. The average molecular weight is 313 g/mol. The predicted molar refractivity (Wildman–Crippen MR) is 83.2 cm³/mol. The molecule has 3 rings (SSSR count). The molecule has 1 saturated heterocycles. The lowest BCUT2D eigenvalue weighted by Gasteiger charge is -2.15. The first kappa shape index (κ1) is 15.3. The molecule has 0 aliphatic carbocycles. The van der Waals surface area contributed by atoms with Crippen LogP contribution in [0.4, 0.5) is 0 Å². The summed E-state index contributed by atoms with van der Waals surface area (Å²) in [7, 11) is 0. The summed E-state index contributed by atoms with van der Waals surface area (Å²) in [6.45, 7) is 1.41. The van der Waals surface area contributed by atoms with Gasteiger partial charge in [-0.2, -0.15) is 0 Å². The number of hydrogen-bond donors (Lipinski definition) is 1. The van der Waals surface area contributed by atoms with Crippen molar-refractivity contribution in [3.8, 4) is 0 Å². The summed E-state index contributed by atoms with van der Waals surface area (Å²) >= 11 is 0. The minimum Gasteiger partial charge on any atom is -0.467 e. The second-order valence-electron chi connectivity index (χ2n) is 5.66. The van der Waals surface area contributed by atoms with E-state index in [9.17, 15) is 9.59 Å². The number of rotatable bonds is 6. The van der Waals surface area contributed by atoms with Crippen LogP contribution >= 0.6 is 0 Å². The quantitative estimate of drug-likeness (QED) is 0.874. The van der Waals surface area contributed by atoms with Gasteiger partial charge < -0.3 is 14.6 Å². The number of nitrogens with one attached hydrogen (secondary N) is 1. The fourth-order valence-corrected chi connectivity index (χ4v) is 2.71. The first-order chi connectivity index (χ1) is 11.2. The van der Waals surface area contributed by atoms with E-state index in [0.717, 1.165) is 17.7 Å². The Bertz CT molecular complexity index is 655. The average Bonchev–Trinajstić information content (AvgIpc) is 3.19. The molecule has 0 spiro atoms. The fourth-order valence-electron chi connectivity index (χ4n) is 2.71. The molecule has 1 fully saturated rings. The van der Waals surface area contributed by atoms with E-state index in [1.165, 1.54) is 0 Å². The van der Waals surface area contributed by atoms with Crippen LogP contribution < -0.4 is 5.32 Å². The maximum absolute atomic E-state index is 12.2. The summed E-state index contributed by atoms with van der Waals surface area (Å²) in [5, 5.41) is 2.90. The molecule has 0 saturated carbocycles. The van der Waals surface area contributed by atoms with E-state index < -0.39 is 0 Å². The standard InChI is InChI=1S/C17H19N3O3/c21-16-9-14(11-20(16)12-15-4-2-8-23-15)17(22)19-7-5-13-3-1-6-18-10-13/h1-4,6,8,10,14H,5,7,9,11-12H2,(H,19,22)/t14-/m0/s1. The lowest BCUT2D eigenvalue weighted by atomic mass is 10.1. The number of amides is 2. The molecular formula is C17H19N3O3. The molecule has 1 atom stereocenters. The highest BCUT2D eigenvalue weighted by Crippen LogP contribution is 2.20. The first-order valence-electron chi connectivity index (χ1n) is 7.69. The Morgan fingerprint density at radius 1 is 1.39 bits per heavy atom. The van der Waals surface area contributed by atoms with Gasteiger partial charge >= 0.3 is 0 Å². The molecule has 1 N–H and O–H groups in total. The summed E-state index contributed by atoms with van der Waals surface area (Å²) in [6.07, 6.45) is 6.09. The Hall–Kier alpha value is -2.63. The zero-order chi connectivity index (χ0) is 16.1. The van der Waals surface area contributed by atoms with E-state index in [1.54, 1.807) is 29.6 Å². The summed E-state index contributed by atoms with van der Waals surface area (Å²) in [5.41, 5.74) is 1.08. The van der Waals surface area contributed by atoms with E-state index in [0.29, 0.717) is 19.6 Å². The van der Waals surface area contributed by atoms with Gasteiger partial charge in [-0.15, -0.1) is 0 Å². The number of furan rings is 1. The van der Waals surface area contributed by atoms with Crippen molar-refractivity contribution in [1.82, 2.24) is 15.2 Å². The van der Waals surface area contributed by atoms with Crippen molar-refractivity contribution >= 4 is 11.8 Å². The summed E-state index contributed by atoms with van der Waals surface area (Å²) in [5.74, 6) is 0.375. The number of nitrogens with zero attached hydrogens (tertiary/aromatic N) is 2. The second-order valence-corrected chi connectivity index (χ2v) is 5.66. The van der Waals surface area contributed by atoms with Crippen LogP contribution in [-0.2, 0) is 22.6 Å². The molecule has 2 aromatic heterocycles. The van der Waals surface area contributed by atoms with Crippen molar-refractivity contribution in [2.24, 2.45) is 5.92 Å². The van der Waals surface area contributed by atoms with Gasteiger partial charge in [0.05, 0.1) is 18.7 Å². The third-order valence-electron chi connectivity index (χ3n) is 3.95. The molecule has 120 valence electrons. The number of aromatic nitrogens is 1. The maximum atomic E-state index is 12.2. The molecule has 1 aliphatic rings. The van der Waals surface area contributed by atoms with Crippen LogP contribution in [0.25, 0.3) is 0 Å². The topological polar surface area (TPSA) is 75.4 Å². The number of carbonyl (C=O) groups excluding carboxylic acids is 2. The highest BCUT2D eigenvalue weighted by Gasteiger charge is 2.34. The Balaban J connectivity index is 1.46. The zero-order valence-electron chi connectivity index (χ0n) is 12.8. The molecule has 3 heterocycles. The normalized spacial score (nSPS) is 17.5. The van der Waals surface area contributed by atoms with Gasteiger partial charge in [0.1, 0.15) is 5.76 Å². The van der Waals surface area contributed by atoms with Crippen LogP contribution in [0.2, 0.25) is 0 Å². The van der Waals surface area contributed by atoms with Crippen molar-refractivity contribution in [3.63, 3.8) is 0 Å². The number of likely N-dealkylation sites (tertiary alicyclic amines) is 1. The van der Waals surface area contributed by atoms with Crippen LogP contribution in [0, 0.1) is 5.92 Å². The van der Waals surface area contributed by atoms with Crippen LogP contribution in [0.5, 0.6) is 0 Å². The molecule has 0 radical (unpaired) electrons. The SMILES string of the molecule is O=C(NCCc1cccnc1)[C@H]1CC(=O)N(Cc2ccco2)C1. The molecule has 0 bridgehead atoms. The van der Waals surface area contributed by atoms with Crippen molar-refractivity contribution in [3.05, 3.63) is 54.2 Å². The molecule has 23 heavy (non-hydrogen) atoms. The molecule has 6 heteroatoms. The molecule has 1 aliphatic heterocycles. The first-order valence-corrected chi connectivity index (χ1v) is 7.69. The van der Waals surface area contributed by atoms with Crippen LogP contribution in [-0.4, -0.2) is 34.8 Å². The van der Waals surface area contributed by atoms with Gasteiger partial charge in [0.2, 0.25) is 11.8 Å². The van der Waals surface area contributed by atoms with Gasteiger partial charge in [-0.1, -0.05) is 6.07 Å². The molecule has 2 aromatic rings. The summed E-state index contributed by atoms with van der Waals surface area (Å²) < 4.78 is 5.25. The van der Waals surface area contributed by atoms with Gasteiger partial charge in [-0.05, 0) is 30.2 Å². The minimum atomic E-state index is -0.286. The molecule has 6 nitrogen and oxygen atoms in total. The third kappa shape index (κ3) is 3.97.